The fourth-order valence-electron chi connectivity index (χ4n) is 1.07. The smallest absolute Gasteiger partial charge is 1.00 e. The first-order valence-corrected chi connectivity index (χ1v) is 9.62. The van der Waals surface area contributed by atoms with E-state index in [1.807, 2.05) is 6.07 Å². The number of rotatable bonds is 4. The molecule has 0 saturated heterocycles. The summed E-state index contributed by atoms with van der Waals surface area (Å²) in [5, 5.41) is 3.46. The van der Waals surface area contributed by atoms with Gasteiger partial charge in [-0.15, -0.1) is 5.38 Å². The van der Waals surface area contributed by atoms with Crippen LogP contribution in [-0.4, -0.2) is 38.0 Å². The molecule has 6 heteroatoms. The summed E-state index contributed by atoms with van der Waals surface area (Å²) in [4.78, 5) is 0. The Kier molecular flexibility index (Phi) is 10.4. The molecular formula is C12H20BrClMgOSSi. The molecular weight excluding hydrogens is 360 g/mol. The Morgan fingerprint density at radius 1 is 1.39 bits per heavy atom. The summed E-state index contributed by atoms with van der Waals surface area (Å²) in [6, 6.07) is 1.97. The predicted molar refractivity (Wildman–Crippen MR) is 80.8 cm³/mol. The second kappa shape index (κ2) is 8.64. The van der Waals surface area contributed by atoms with Crippen molar-refractivity contribution in [3.63, 3.8) is 0 Å². The number of halogens is 2. The summed E-state index contributed by atoms with van der Waals surface area (Å²) in [5.41, 5.74) is 1.16. The van der Waals surface area contributed by atoms with E-state index in [0.717, 1.165) is 22.9 Å². The SMILES string of the molecule is CC(C)(C)[Si](C)(C)OCCc1[c-]sc(Cl)c1.[Br-].[Mg+2]. The van der Waals surface area contributed by atoms with Crippen LogP contribution in [0, 0.1) is 5.38 Å². The van der Waals surface area contributed by atoms with Crippen molar-refractivity contribution in [1.29, 1.82) is 0 Å². The summed E-state index contributed by atoms with van der Waals surface area (Å²) in [7, 11) is -1.60. The van der Waals surface area contributed by atoms with Gasteiger partial charge in [-0.1, -0.05) is 25.1 Å². The van der Waals surface area contributed by atoms with Gasteiger partial charge in [0, 0.05) is 6.61 Å². The normalized spacial score (nSPS) is 11.7. The third-order valence-corrected chi connectivity index (χ3v) is 8.76. The van der Waals surface area contributed by atoms with E-state index >= 15 is 0 Å². The van der Waals surface area contributed by atoms with E-state index in [4.69, 9.17) is 16.0 Å². The van der Waals surface area contributed by atoms with E-state index < -0.39 is 8.32 Å². The maximum absolute atomic E-state index is 6.09. The second-order valence-corrected chi connectivity index (χ2v) is 11.8. The number of hydrogen-bond donors (Lipinski definition) is 0. The Balaban J connectivity index is 0. The monoisotopic (exact) mass is 378 g/mol. The van der Waals surface area contributed by atoms with Crippen molar-refractivity contribution in [3.8, 4) is 0 Å². The zero-order valence-corrected chi connectivity index (χ0v) is 17.3. The van der Waals surface area contributed by atoms with Gasteiger partial charge in [0.25, 0.3) is 0 Å². The number of hydrogen-bond acceptors (Lipinski definition) is 2. The first-order chi connectivity index (χ1) is 7.22. The molecule has 0 fully saturated rings. The van der Waals surface area contributed by atoms with Crippen LogP contribution in [0.5, 0.6) is 0 Å². The first kappa shape index (κ1) is 21.7. The van der Waals surface area contributed by atoms with Crippen LogP contribution in [0.25, 0.3) is 0 Å². The van der Waals surface area contributed by atoms with E-state index in [2.05, 4.69) is 39.2 Å². The van der Waals surface area contributed by atoms with Crippen molar-refractivity contribution >= 4 is 54.3 Å². The largest absolute Gasteiger partial charge is 2.00 e. The predicted octanol–water partition coefficient (Wildman–Crippen LogP) is 1.39. The Morgan fingerprint density at radius 3 is 2.33 bits per heavy atom. The fourth-order valence-corrected chi connectivity index (χ4v) is 2.95. The van der Waals surface area contributed by atoms with Gasteiger partial charge in [-0.25, -0.2) is 0 Å². The molecule has 0 bridgehead atoms. The van der Waals surface area contributed by atoms with Crippen molar-refractivity contribution in [3.05, 3.63) is 21.3 Å². The van der Waals surface area contributed by atoms with Gasteiger partial charge in [0.15, 0.2) is 8.32 Å². The van der Waals surface area contributed by atoms with Crippen LogP contribution in [0.3, 0.4) is 0 Å². The third kappa shape index (κ3) is 6.72. The van der Waals surface area contributed by atoms with Crippen LogP contribution >= 0.6 is 22.9 Å². The first-order valence-electron chi connectivity index (χ1n) is 5.52. The molecule has 18 heavy (non-hydrogen) atoms. The summed E-state index contributed by atoms with van der Waals surface area (Å²) in [6.45, 7) is 12.1. The maximum atomic E-state index is 6.09. The molecule has 100 valence electrons. The number of thiophene rings is 1. The minimum Gasteiger partial charge on any atom is -1.00 e. The van der Waals surface area contributed by atoms with Crippen molar-refractivity contribution in [1.82, 2.24) is 0 Å². The molecule has 0 unspecified atom stereocenters. The summed E-state index contributed by atoms with van der Waals surface area (Å²) in [5.74, 6) is 0. The van der Waals surface area contributed by atoms with Gasteiger partial charge in [-0.3, -0.25) is 11.3 Å². The minimum atomic E-state index is -1.60. The molecule has 1 nitrogen and oxygen atoms in total. The van der Waals surface area contributed by atoms with Gasteiger partial charge in [0.1, 0.15) is 0 Å². The molecule has 1 rings (SSSR count). The standard InChI is InChI=1S/C12H20ClOSSi.BrH.Mg/c1-12(2,3)16(4,5)14-7-6-10-8-11(13)15-9-10;;/h8H,6-7H2,1-5H3;1H;/q-1;;+2/p-1. The fraction of sp³-hybridized carbons (Fsp3) is 0.667. The Morgan fingerprint density at radius 2 is 1.94 bits per heavy atom. The molecule has 0 aliphatic heterocycles. The molecule has 1 aromatic heterocycles. The third-order valence-electron chi connectivity index (χ3n) is 3.21. The van der Waals surface area contributed by atoms with Crippen LogP contribution in [0.2, 0.25) is 22.5 Å². The van der Waals surface area contributed by atoms with Gasteiger partial charge >= 0.3 is 23.1 Å². The van der Waals surface area contributed by atoms with E-state index in [9.17, 15) is 0 Å². The van der Waals surface area contributed by atoms with Crippen LogP contribution in [0.4, 0.5) is 0 Å². The van der Waals surface area contributed by atoms with Crippen LogP contribution in [-0.2, 0) is 10.8 Å². The summed E-state index contributed by atoms with van der Waals surface area (Å²) < 4.78 is 6.90. The van der Waals surface area contributed by atoms with Crippen LogP contribution < -0.4 is 17.0 Å². The minimum absolute atomic E-state index is 0. The molecule has 0 atom stereocenters. The molecule has 0 radical (unpaired) electrons. The van der Waals surface area contributed by atoms with E-state index in [1.54, 1.807) is 0 Å². The molecule has 1 heterocycles. The quantitative estimate of drug-likeness (QED) is 0.567. The van der Waals surface area contributed by atoms with Crippen molar-refractivity contribution < 1.29 is 21.4 Å². The summed E-state index contributed by atoms with van der Waals surface area (Å²) >= 11 is 7.32. The average Bonchev–Trinajstić information content (AvgIpc) is 2.49. The van der Waals surface area contributed by atoms with Gasteiger partial charge < -0.3 is 21.4 Å². The molecule has 0 spiro atoms. The maximum Gasteiger partial charge on any atom is 2.00 e. The Hall–Kier alpha value is 1.41. The molecule has 0 saturated carbocycles. The van der Waals surface area contributed by atoms with Gasteiger partial charge in [0.05, 0.1) is 0 Å². The molecule has 0 amide bonds. The Labute approximate surface area is 148 Å². The van der Waals surface area contributed by atoms with Crippen molar-refractivity contribution in [2.24, 2.45) is 0 Å². The van der Waals surface area contributed by atoms with E-state index in [0.29, 0.717) is 0 Å². The van der Waals surface area contributed by atoms with Gasteiger partial charge in [-0.2, -0.15) is 23.2 Å². The van der Waals surface area contributed by atoms with Crippen LogP contribution in [0.15, 0.2) is 6.07 Å². The van der Waals surface area contributed by atoms with Gasteiger partial charge in [-0.05, 0) is 24.6 Å². The zero-order chi connectivity index (χ0) is 12.4. The van der Waals surface area contributed by atoms with Crippen molar-refractivity contribution in [2.45, 2.75) is 45.3 Å². The zero-order valence-electron chi connectivity index (χ0n) is 11.8. The van der Waals surface area contributed by atoms with Crippen LogP contribution in [0.1, 0.15) is 26.3 Å². The molecule has 1 aromatic rings. The van der Waals surface area contributed by atoms with Crippen molar-refractivity contribution in [2.75, 3.05) is 6.61 Å². The van der Waals surface area contributed by atoms with E-state index in [1.165, 1.54) is 11.3 Å². The molecule has 0 aliphatic carbocycles. The summed E-state index contributed by atoms with van der Waals surface area (Å²) in [6.07, 6.45) is 0.912. The average molecular weight is 380 g/mol. The van der Waals surface area contributed by atoms with E-state index in [-0.39, 0.29) is 45.1 Å². The molecule has 0 aliphatic rings. The topological polar surface area (TPSA) is 9.23 Å². The second-order valence-electron chi connectivity index (χ2n) is 5.54. The Bertz CT molecular complexity index is 352. The molecule has 0 aromatic carbocycles. The molecule has 0 N–H and O–H groups in total. The van der Waals surface area contributed by atoms with Gasteiger partial charge in [0.2, 0.25) is 0 Å².